The molecule has 2 saturated heterocycles. The summed E-state index contributed by atoms with van der Waals surface area (Å²) in [5.41, 5.74) is 6.80. The van der Waals surface area contributed by atoms with Crippen LogP contribution in [0.15, 0.2) is 103 Å². The van der Waals surface area contributed by atoms with Crippen LogP contribution in [-0.2, 0) is 34.0 Å². The predicted molar refractivity (Wildman–Crippen MR) is 202 cm³/mol. The fourth-order valence-corrected chi connectivity index (χ4v) is 8.46. The number of hydrogen-bond acceptors (Lipinski definition) is 11. The van der Waals surface area contributed by atoms with Crippen molar-refractivity contribution in [3.63, 3.8) is 0 Å². The second-order valence-electron chi connectivity index (χ2n) is 13.5. The average molecular weight is 760 g/mol. The highest BCUT2D eigenvalue weighted by molar-refractivity contribution is 6.23. The number of carbonyl (C=O) groups is 4. The number of aliphatic hydroxyl groups is 2. The van der Waals surface area contributed by atoms with E-state index in [2.05, 4.69) is 11.8 Å². The number of para-hydroxylation sites is 1. The van der Waals surface area contributed by atoms with Crippen LogP contribution in [0.25, 0.3) is 0 Å². The molecule has 4 N–H and O–H groups in total. The number of primary amides is 1. The van der Waals surface area contributed by atoms with Crippen LogP contribution in [-0.4, -0.2) is 85.2 Å². The van der Waals surface area contributed by atoms with Gasteiger partial charge < -0.3 is 34.9 Å². The number of hydrogen-bond donors (Lipinski definition) is 3. The number of amides is 3. The summed E-state index contributed by atoms with van der Waals surface area (Å²) in [7, 11) is 1.44. The fraction of sp³-hybridized carbons (Fsp3) is 0.302. The van der Waals surface area contributed by atoms with Gasteiger partial charge in [-0.05, 0) is 41.0 Å². The third-order valence-corrected chi connectivity index (χ3v) is 10.5. The summed E-state index contributed by atoms with van der Waals surface area (Å²) < 4.78 is 23.1. The standard InChI is InChI=1S/C43H41N3O10/c1-53-24-25-55-42(52)45-32-20-19-27(12-10-11-21-47)26-31(32)43(41(45)51)34(39(44)49)36-40(50)56-37(29-15-6-3-7-16-29)35(28-13-4-2-5-14-28)46(36)38(43)30-17-8-9-18-33(30)54-23-22-48/h2-9,13-20,26,34-38,47-48H,11,21-25H2,1H3,(H2,44,49). The van der Waals surface area contributed by atoms with E-state index in [1.54, 1.807) is 42.5 Å². The lowest BCUT2D eigenvalue weighted by atomic mass is 9.65. The molecule has 0 aromatic heterocycles. The molecule has 3 aliphatic rings. The summed E-state index contributed by atoms with van der Waals surface area (Å²) >= 11 is 0. The molecule has 3 aliphatic heterocycles. The van der Waals surface area contributed by atoms with Gasteiger partial charge in [-0.3, -0.25) is 19.3 Å². The molecule has 3 heterocycles. The zero-order chi connectivity index (χ0) is 39.4. The van der Waals surface area contributed by atoms with Crippen molar-refractivity contribution in [1.82, 2.24) is 4.90 Å². The van der Waals surface area contributed by atoms with Crippen molar-refractivity contribution in [1.29, 1.82) is 0 Å². The molecular weight excluding hydrogens is 718 g/mol. The number of carbonyl (C=O) groups excluding carboxylic acids is 4. The number of methoxy groups -OCH3 is 1. The number of ether oxygens (including phenoxy) is 4. The highest BCUT2D eigenvalue weighted by Crippen LogP contribution is 2.66. The van der Waals surface area contributed by atoms with Crippen LogP contribution in [0.1, 0.15) is 52.4 Å². The Labute approximate surface area is 323 Å². The van der Waals surface area contributed by atoms with Gasteiger partial charge in [-0.25, -0.2) is 9.69 Å². The maximum Gasteiger partial charge on any atom is 0.421 e. The Morgan fingerprint density at radius 3 is 2.23 bits per heavy atom. The van der Waals surface area contributed by atoms with Crippen molar-refractivity contribution in [3.05, 3.63) is 131 Å². The molecule has 288 valence electrons. The smallest absolute Gasteiger partial charge is 0.421 e. The first kappa shape index (κ1) is 38.2. The lowest BCUT2D eigenvalue weighted by molar-refractivity contribution is -0.178. The van der Waals surface area contributed by atoms with Gasteiger partial charge in [0.25, 0.3) is 0 Å². The minimum atomic E-state index is -2.09. The molecule has 4 aromatic carbocycles. The number of nitrogens with zero attached hydrogens (tertiary/aromatic N) is 2. The zero-order valence-corrected chi connectivity index (χ0v) is 30.6. The first-order valence-electron chi connectivity index (χ1n) is 18.2. The summed E-state index contributed by atoms with van der Waals surface area (Å²) in [5.74, 6) is 1.93. The van der Waals surface area contributed by atoms with Gasteiger partial charge in [-0.1, -0.05) is 90.7 Å². The highest BCUT2D eigenvalue weighted by Gasteiger charge is 2.75. The second-order valence-corrected chi connectivity index (χ2v) is 13.5. The lowest BCUT2D eigenvalue weighted by Gasteiger charge is -2.46. The summed E-state index contributed by atoms with van der Waals surface area (Å²) in [6.45, 7) is -0.741. The van der Waals surface area contributed by atoms with Gasteiger partial charge in [0.2, 0.25) is 11.8 Å². The van der Waals surface area contributed by atoms with Crippen LogP contribution in [0.3, 0.4) is 0 Å². The molecule has 4 aromatic rings. The van der Waals surface area contributed by atoms with Crippen LogP contribution < -0.4 is 15.4 Å². The number of esters is 1. The lowest BCUT2D eigenvalue weighted by Crippen LogP contribution is -2.55. The number of morpholine rings is 1. The largest absolute Gasteiger partial charge is 0.491 e. The number of rotatable bonds is 11. The molecule has 6 unspecified atom stereocenters. The molecule has 7 rings (SSSR count). The number of cyclic esters (lactones) is 1. The van der Waals surface area contributed by atoms with E-state index in [4.69, 9.17) is 24.7 Å². The Morgan fingerprint density at radius 2 is 1.55 bits per heavy atom. The Kier molecular flexibility index (Phi) is 11.2. The van der Waals surface area contributed by atoms with Crippen molar-refractivity contribution in [2.75, 3.05) is 45.0 Å². The van der Waals surface area contributed by atoms with Crippen molar-refractivity contribution in [3.8, 4) is 17.6 Å². The van der Waals surface area contributed by atoms with Crippen LogP contribution in [0.5, 0.6) is 5.75 Å². The van der Waals surface area contributed by atoms with E-state index in [1.165, 1.54) is 7.11 Å². The SMILES string of the molecule is COCCOC(=O)N1C(=O)C2(c3cc(C#CCCO)ccc31)C(C(N)=O)C1C(=O)OC(c3ccccc3)C(c3ccccc3)N1C2c1ccccc1OCCO. The maximum absolute atomic E-state index is 15.8. The number of fused-ring (bicyclic) bond motifs is 3. The highest BCUT2D eigenvalue weighted by atomic mass is 16.6. The number of benzene rings is 4. The van der Waals surface area contributed by atoms with E-state index >= 15 is 4.79 Å². The number of anilines is 1. The van der Waals surface area contributed by atoms with Crippen molar-refractivity contribution >= 4 is 29.6 Å². The van der Waals surface area contributed by atoms with Crippen LogP contribution in [0.4, 0.5) is 10.5 Å². The van der Waals surface area contributed by atoms with E-state index in [0.717, 1.165) is 4.90 Å². The fourth-order valence-electron chi connectivity index (χ4n) is 8.46. The quantitative estimate of drug-likeness (QED) is 0.115. The zero-order valence-electron chi connectivity index (χ0n) is 30.6. The minimum Gasteiger partial charge on any atom is -0.491 e. The van der Waals surface area contributed by atoms with Gasteiger partial charge in [0.1, 0.15) is 36.5 Å². The third kappa shape index (κ3) is 6.46. The van der Waals surface area contributed by atoms with Crippen LogP contribution in [0, 0.1) is 17.8 Å². The van der Waals surface area contributed by atoms with Gasteiger partial charge in [-0.15, -0.1) is 0 Å². The van der Waals surface area contributed by atoms with E-state index in [9.17, 15) is 24.6 Å². The molecule has 6 atom stereocenters. The summed E-state index contributed by atoms with van der Waals surface area (Å²) in [5, 5.41) is 19.3. The Bertz CT molecular complexity index is 2170. The molecule has 0 aliphatic carbocycles. The Hall–Kier alpha value is -6.04. The molecule has 0 saturated carbocycles. The van der Waals surface area contributed by atoms with Gasteiger partial charge in [-0.2, -0.15) is 0 Å². The second kappa shape index (κ2) is 16.4. The normalized spacial score (nSPS) is 23.8. The van der Waals surface area contributed by atoms with Gasteiger partial charge >= 0.3 is 12.1 Å². The molecule has 2 fully saturated rings. The molecule has 0 bridgehead atoms. The molecular formula is C43H41N3O10. The van der Waals surface area contributed by atoms with Gasteiger partial charge in [0.15, 0.2) is 0 Å². The first-order valence-corrected chi connectivity index (χ1v) is 18.2. The molecule has 13 heteroatoms. The van der Waals surface area contributed by atoms with E-state index in [1.807, 2.05) is 65.6 Å². The number of imide groups is 1. The van der Waals surface area contributed by atoms with Crippen LogP contribution >= 0.6 is 0 Å². The van der Waals surface area contributed by atoms with E-state index < -0.39 is 59.4 Å². The third-order valence-electron chi connectivity index (χ3n) is 10.5. The molecule has 1 spiro atoms. The topological polar surface area (TPSA) is 178 Å². The van der Waals surface area contributed by atoms with Crippen molar-refractivity contribution in [2.45, 2.75) is 36.1 Å². The van der Waals surface area contributed by atoms with E-state index in [0.29, 0.717) is 22.3 Å². The van der Waals surface area contributed by atoms with Crippen LogP contribution in [0.2, 0.25) is 0 Å². The molecule has 13 nitrogen and oxygen atoms in total. The molecule has 3 amide bonds. The summed E-state index contributed by atoms with van der Waals surface area (Å²) in [4.78, 5) is 61.6. The maximum atomic E-state index is 15.8. The minimum absolute atomic E-state index is 0.0502. The molecule has 0 radical (unpaired) electrons. The van der Waals surface area contributed by atoms with E-state index in [-0.39, 0.29) is 56.5 Å². The van der Waals surface area contributed by atoms with Crippen molar-refractivity contribution in [2.24, 2.45) is 11.7 Å². The molecule has 56 heavy (non-hydrogen) atoms. The first-order chi connectivity index (χ1) is 27.3. The Balaban J connectivity index is 1.58. The predicted octanol–water partition coefficient (Wildman–Crippen LogP) is 3.73. The Morgan fingerprint density at radius 1 is 0.857 bits per heavy atom. The summed E-state index contributed by atoms with van der Waals surface area (Å²) in [6.07, 6.45) is -1.78. The van der Waals surface area contributed by atoms with Gasteiger partial charge in [0, 0.05) is 24.7 Å². The monoisotopic (exact) mass is 759 g/mol. The summed E-state index contributed by atoms with van der Waals surface area (Å²) in [6, 6.07) is 26.6. The average Bonchev–Trinajstić information content (AvgIpc) is 3.67. The number of aliphatic hydroxyl groups excluding tert-OH is 2. The number of nitrogens with two attached hydrogens (primary N) is 1. The van der Waals surface area contributed by atoms with Gasteiger partial charge in [0.05, 0.1) is 43.5 Å². The van der Waals surface area contributed by atoms with Crippen molar-refractivity contribution < 1.29 is 48.3 Å².